The summed E-state index contributed by atoms with van der Waals surface area (Å²) < 4.78 is 44.4. The molecule has 0 bridgehead atoms. The molecule has 50 heavy (non-hydrogen) atoms. The van der Waals surface area contributed by atoms with Crippen LogP contribution >= 0.6 is 0 Å². The first-order valence-electron chi connectivity index (χ1n) is 19.6. The van der Waals surface area contributed by atoms with Gasteiger partial charge in [0.1, 0.15) is 22.3 Å². The Labute approximate surface area is 301 Å². The third-order valence-electron chi connectivity index (χ3n) is 14.7. The molecule has 7 rings (SSSR count). The number of hydrogen-bond donors (Lipinski definition) is 0. The van der Waals surface area contributed by atoms with Crippen LogP contribution in [0, 0.1) is 34.5 Å². The summed E-state index contributed by atoms with van der Waals surface area (Å²) in [4.78, 5) is 27.2. The summed E-state index contributed by atoms with van der Waals surface area (Å²) >= 11 is 0. The van der Waals surface area contributed by atoms with E-state index in [1.54, 1.807) is 19.9 Å². The number of benzene rings is 1. The van der Waals surface area contributed by atoms with E-state index in [2.05, 4.69) is 25.8 Å². The van der Waals surface area contributed by atoms with E-state index in [1.807, 2.05) is 0 Å². The van der Waals surface area contributed by atoms with Gasteiger partial charge in [-0.15, -0.1) is 0 Å². The van der Waals surface area contributed by atoms with Crippen LogP contribution in [0.15, 0.2) is 35.2 Å². The first-order valence-corrected chi connectivity index (χ1v) is 21.0. The summed E-state index contributed by atoms with van der Waals surface area (Å²) in [7, 11) is -1.78. The fourth-order valence-electron chi connectivity index (χ4n) is 12.3. The Morgan fingerprint density at radius 3 is 2.08 bits per heavy atom. The monoisotopic (exact) mass is 714 g/mol. The Bertz CT molecular complexity index is 1460. The fourth-order valence-corrected chi connectivity index (χ4v) is 12.8. The van der Waals surface area contributed by atoms with E-state index in [1.165, 1.54) is 114 Å². The summed E-state index contributed by atoms with van der Waals surface area (Å²) in [5.41, 5.74) is 0.377. The Balaban J connectivity index is 0.000000373. The van der Waals surface area contributed by atoms with Crippen molar-refractivity contribution in [1.82, 2.24) is 4.90 Å². The summed E-state index contributed by atoms with van der Waals surface area (Å²) in [6, 6.07) is 7.99. The summed E-state index contributed by atoms with van der Waals surface area (Å²) in [6.07, 6.45) is 16.3. The lowest BCUT2D eigenvalue weighted by Crippen LogP contribution is -2.61. The van der Waals surface area contributed by atoms with Gasteiger partial charge in [0.15, 0.2) is 6.10 Å². The Morgan fingerprint density at radius 1 is 0.840 bits per heavy atom. The number of hydrogen-bond acceptors (Lipinski definition) is 8. The summed E-state index contributed by atoms with van der Waals surface area (Å²) in [6.45, 7) is 13.1. The highest BCUT2D eigenvalue weighted by atomic mass is 32.2. The van der Waals surface area contributed by atoms with E-state index in [-0.39, 0.29) is 34.5 Å². The van der Waals surface area contributed by atoms with Gasteiger partial charge in [0.25, 0.3) is 0 Å². The maximum absolute atomic E-state index is 12.5. The molecule has 0 spiro atoms. The van der Waals surface area contributed by atoms with E-state index in [9.17, 15) is 22.6 Å². The molecule has 2 saturated heterocycles. The minimum Gasteiger partial charge on any atom is -0.744 e. The molecular formula is C40H62N2O7S. The van der Waals surface area contributed by atoms with Crippen LogP contribution in [0.25, 0.3) is 0 Å². The third-order valence-corrected chi connectivity index (χ3v) is 15.6. The van der Waals surface area contributed by atoms with E-state index in [0.717, 1.165) is 29.9 Å². The SMILES string of the molecule is CC(=O)O[C@H]1CC2CCC3C(CC[C@@]4(C)C3C[C@H]([N+]3(C)CCCCC3)[C@@H]4OC(C)=O)[C@@]2(C)C[C@@H]1N1CCCCC1.O=S(=O)([O-])c1ccccc1. The minimum atomic E-state index is -4.25. The van der Waals surface area contributed by atoms with E-state index >= 15 is 0 Å². The normalized spacial score (nSPS) is 39.8. The van der Waals surface area contributed by atoms with Crippen molar-refractivity contribution in [3.63, 3.8) is 0 Å². The molecule has 4 unspecified atom stereocenters. The van der Waals surface area contributed by atoms with Crippen LogP contribution in [-0.2, 0) is 29.2 Å². The number of likely N-dealkylation sites (N-methyl/N-ethyl adjacent to an activating group) is 1. The molecule has 1 aromatic carbocycles. The van der Waals surface area contributed by atoms with E-state index in [4.69, 9.17) is 9.47 Å². The van der Waals surface area contributed by atoms with E-state index < -0.39 is 10.1 Å². The summed E-state index contributed by atoms with van der Waals surface area (Å²) in [5.74, 6) is 2.50. The van der Waals surface area contributed by atoms with Crippen LogP contribution in [0.3, 0.4) is 0 Å². The molecule has 0 radical (unpaired) electrons. The van der Waals surface area contributed by atoms with E-state index in [0.29, 0.717) is 35.3 Å². The molecule has 1 aromatic rings. The van der Waals surface area contributed by atoms with Gasteiger partial charge in [-0.3, -0.25) is 14.5 Å². The Kier molecular flexibility index (Phi) is 11.2. The fraction of sp³-hybridized carbons (Fsp3) is 0.800. The maximum atomic E-state index is 12.5. The number of carbonyl (C=O) groups is 2. The van der Waals surface area contributed by atoms with Crippen molar-refractivity contribution in [2.24, 2.45) is 34.5 Å². The molecular weight excluding hydrogens is 653 g/mol. The zero-order chi connectivity index (χ0) is 35.9. The highest BCUT2D eigenvalue weighted by molar-refractivity contribution is 7.85. The van der Waals surface area contributed by atoms with Crippen molar-refractivity contribution in [1.29, 1.82) is 0 Å². The minimum absolute atomic E-state index is 0.0466. The quantitative estimate of drug-likeness (QED) is 0.192. The van der Waals surface area contributed by atoms with Crippen molar-refractivity contribution in [2.45, 2.75) is 140 Å². The second-order valence-corrected chi connectivity index (χ2v) is 18.9. The molecule has 6 aliphatic rings. The zero-order valence-electron chi connectivity index (χ0n) is 31.2. The van der Waals surface area contributed by atoms with Crippen molar-refractivity contribution in [3.8, 4) is 0 Å². The average Bonchev–Trinajstić information content (AvgIpc) is 3.38. The van der Waals surface area contributed by atoms with Gasteiger partial charge >= 0.3 is 11.9 Å². The molecule has 280 valence electrons. The Hall–Kier alpha value is -2.01. The standard InChI is InChI=1S/C34H57N2O4.C6H6O3S/c1-23(37)39-31-20-25-12-13-26-27(34(25,4)22-29(31)35-16-8-6-9-17-35)14-15-33(3)28(26)21-30(32(33)40-24(2)38)36(5)18-10-7-11-19-36;7-10(8,9)6-4-2-1-3-5-6/h25-32H,6-22H2,1-5H3;1-5H,(H,7,8,9)/q+1;/p-1/t25?,26?,27?,28?,29-,30-,31-,32-,33-,34-;/m0./s1. The van der Waals surface area contributed by atoms with Crippen molar-refractivity contribution in [3.05, 3.63) is 30.3 Å². The van der Waals surface area contributed by atoms with Gasteiger partial charge in [0.2, 0.25) is 0 Å². The number of fused-ring (bicyclic) bond motifs is 5. The molecule has 0 amide bonds. The number of esters is 2. The molecule has 6 fully saturated rings. The number of likely N-dealkylation sites (tertiary alicyclic amines) is 2. The third kappa shape index (κ3) is 7.42. The zero-order valence-corrected chi connectivity index (χ0v) is 32.0. The van der Waals surface area contributed by atoms with Gasteiger partial charge in [-0.05, 0) is 125 Å². The van der Waals surface area contributed by atoms with Gasteiger partial charge in [-0.25, -0.2) is 8.42 Å². The van der Waals surface area contributed by atoms with Crippen LogP contribution in [0.2, 0.25) is 0 Å². The molecule has 0 N–H and O–H groups in total. The van der Waals surface area contributed by atoms with Gasteiger partial charge < -0.3 is 18.5 Å². The highest BCUT2D eigenvalue weighted by Gasteiger charge is 2.67. The van der Waals surface area contributed by atoms with Crippen molar-refractivity contribution < 1.29 is 36.5 Å². The number of rotatable bonds is 5. The smallest absolute Gasteiger partial charge is 0.303 e. The molecule has 10 heteroatoms. The van der Waals surface area contributed by atoms with Gasteiger partial charge in [0.05, 0.1) is 25.0 Å². The number of ether oxygens (including phenoxy) is 2. The number of nitrogens with zero attached hydrogens (tertiary/aromatic N) is 2. The summed E-state index contributed by atoms with van der Waals surface area (Å²) in [5, 5.41) is 0. The maximum Gasteiger partial charge on any atom is 0.303 e. The second kappa shape index (κ2) is 14.8. The second-order valence-electron chi connectivity index (χ2n) is 17.5. The van der Waals surface area contributed by atoms with Crippen LogP contribution in [0.1, 0.15) is 111 Å². The van der Waals surface area contributed by atoms with Crippen LogP contribution in [0.4, 0.5) is 0 Å². The molecule has 4 saturated carbocycles. The first-order chi connectivity index (χ1) is 23.7. The molecule has 2 heterocycles. The van der Waals surface area contributed by atoms with Crippen LogP contribution in [-0.4, -0.2) is 91.8 Å². The van der Waals surface area contributed by atoms with Crippen molar-refractivity contribution in [2.75, 3.05) is 33.2 Å². The molecule has 10 atom stereocenters. The largest absolute Gasteiger partial charge is 0.744 e. The average molecular weight is 715 g/mol. The molecule has 0 aromatic heterocycles. The molecule has 2 aliphatic heterocycles. The van der Waals surface area contributed by atoms with Crippen LogP contribution < -0.4 is 0 Å². The van der Waals surface area contributed by atoms with Gasteiger partial charge in [0, 0.05) is 31.7 Å². The highest BCUT2D eigenvalue weighted by Crippen LogP contribution is 2.67. The lowest BCUT2D eigenvalue weighted by atomic mass is 9.44. The Morgan fingerprint density at radius 2 is 1.48 bits per heavy atom. The van der Waals surface area contributed by atoms with Gasteiger partial charge in [-0.1, -0.05) is 38.5 Å². The first kappa shape index (κ1) is 37.7. The number of piperidine rings is 2. The lowest BCUT2D eigenvalue weighted by molar-refractivity contribution is -0.940. The topological polar surface area (TPSA) is 113 Å². The number of quaternary nitrogens is 1. The van der Waals surface area contributed by atoms with Gasteiger partial charge in [-0.2, -0.15) is 0 Å². The lowest BCUT2D eigenvalue weighted by Gasteiger charge is -2.62. The molecule has 4 aliphatic carbocycles. The predicted molar refractivity (Wildman–Crippen MR) is 191 cm³/mol. The van der Waals surface area contributed by atoms with Crippen molar-refractivity contribution >= 4 is 22.1 Å². The van der Waals surface area contributed by atoms with Crippen LogP contribution in [0.5, 0.6) is 0 Å². The molecule has 9 nitrogen and oxygen atoms in total. The number of carbonyl (C=O) groups excluding carboxylic acids is 2. The predicted octanol–water partition coefficient (Wildman–Crippen LogP) is 6.56.